The average molecular weight is 287 g/mol. The number of amides is 1. The molecule has 2 rings (SSSR count). The Balaban J connectivity index is 2.15. The molecule has 2 aromatic rings. The van der Waals surface area contributed by atoms with Gasteiger partial charge in [0, 0.05) is 24.0 Å². The van der Waals surface area contributed by atoms with Gasteiger partial charge in [0.25, 0.3) is 5.91 Å². The van der Waals surface area contributed by atoms with Crippen LogP contribution in [0.15, 0.2) is 42.6 Å². The first-order valence-electron chi connectivity index (χ1n) is 6.87. The van der Waals surface area contributed by atoms with Crippen molar-refractivity contribution in [3.05, 3.63) is 59.7 Å². The molecule has 0 aliphatic rings. The molecule has 21 heavy (non-hydrogen) atoms. The maximum absolute atomic E-state index is 13.7. The summed E-state index contributed by atoms with van der Waals surface area (Å²) < 4.78 is 13.7. The van der Waals surface area contributed by atoms with Gasteiger partial charge < -0.3 is 10.6 Å². The average Bonchev–Trinajstić information content (AvgIpc) is 2.48. The summed E-state index contributed by atoms with van der Waals surface area (Å²) in [4.78, 5) is 15.8. The zero-order valence-corrected chi connectivity index (χ0v) is 12.1. The van der Waals surface area contributed by atoms with E-state index >= 15 is 0 Å². The summed E-state index contributed by atoms with van der Waals surface area (Å²) in [6, 6.07) is 9.81. The van der Waals surface area contributed by atoms with E-state index in [9.17, 15) is 9.18 Å². The molecular weight excluding hydrogens is 269 g/mol. The molecule has 0 radical (unpaired) electrons. The molecule has 0 aliphatic heterocycles. The van der Waals surface area contributed by atoms with E-state index in [-0.39, 0.29) is 17.8 Å². The lowest BCUT2D eigenvalue weighted by molar-refractivity contribution is 0.0951. The second-order valence-corrected chi connectivity index (χ2v) is 4.68. The first kappa shape index (κ1) is 15.0. The zero-order valence-electron chi connectivity index (χ0n) is 12.1. The molecule has 0 fully saturated rings. The summed E-state index contributed by atoms with van der Waals surface area (Å²) in [7, 11) is 0. The van der Waals surface area contributed by atoms with Gasteiger partial charge in [-0.25, -0.2) is 4.39 Å². The minimum absolute atomic E-state index is 0.212. The number of halogens is 1. The van der Waals surface area contributed by atoms with Crippen LogP contribution in [-0.4, -0.2) is 17.4 Å². The van der Waals surface area contributed by atoms with Crippen LogP contribution in [0.5, 0.6) is 0 Å². The lowest BCUT2D eigenvalue weighted by Gasteiger charge is -2.16. The molecule has 5 heteroatoms. The highest BCUT2D eigenvalue weighted by molar-refractivity contribution is 5.93. The Hall–Kier alpha value is -2.43. The quantitative estimate of drug-likeness (QED) is 0.888. The Morgan fingerprint density at radius 3 is 2.81 bits per heavy atom. The zero-order chi connectivity index (χ0) is 15.2. The Bertz CT molecular complexity index is 630. The molecule has 0 saturated carbocycles. The predicted molar refractivity (Wildman–Crippen MR) is 80.7 cm³/mol. The first-order chi connectivity index (χ1) is 10.1. The Morgan fingerprint density at radius 2 is 2.10 bits per heavy atom. The highest BCUT2D eigenvalue weighted by Gasteiger charge is 2.11. The number of hydrogen-bond donors (Lipinski definition) is 2. The van der Waals surface area contributed by atoms with Gasteiger partial charge in [0.1, 0.15) is 11.5 Å². The minimum Gasteiger partial charge on any atom is -0.378 e. The fourth-order valence-electron chi connectivity index (χ4n) is 2.05. The van der Waals surface area contributed by atoms with Crippen molar-refractivity contribution >= 4 is 11.6 Å². The molecule has 1 unspecified atom stereocenters. The highest BCUT2D eigenvalue weighted by atomic mass is 19.1. The van der Waals surface area contributed by atoms with E-state index in [1.54, 1.807) is 36.5 Å². The molecule has 1 heterocycles. The van der Waals surface area contributed by atoms with Gasteiger partial charge in [0.15, 0.2) is 0 Å². The standard InChI is InChI=1S/C16H18FN3O/c1-3-18-16(21)15-10-12(8-9-19-15)20-11(2)13-6-4-5-7-14(13)17/h4-11H,3H2,1-2H3,(H,18,21)(H,19,20). The molecule has 1 amide bonds. The number of anilines is 1. The third-order valence-electron chi connectivity index (χ3n) is 3.08. The predicted octanol–water partition coefficient (Wildman–Crippen LogP) is 3.14. The van der Waals surface area contributed by atoms with Crippen LogP contribution in [0.1, 0.15) is 35.9 Å². The van der Waals surface area contributed by atoms with Gasteiger partial charge in [-0.3, -0.25) is 9.78 Å². The van der Waals surface area contributed by atoms with E-state index < -0.39 is 0 Å². The molecule has 1 aromatic carbocycles. The molecule has 1 aromatic heterocycles. The van der Waals surface area contributed by atoms with Crippen molar-refractivity contribution in [1.29, 1.82) is 0 Å². The van der Waals surface area contributed by atoms with Gasteiger partial charge in [-0.1, -0.05) is 18.2 Å². The van der Waals surface area contributed by atoms with Crippen molar-refractivity contribution in [2.24, 2.45) is 0 Å². The fourth-order valence-corrected chi connectivity index (χ4v) is 2.05. The number of nitrogens with zero attached hydrogens (tertiary/aromatic N) is 1. The van der Waals surface area contributed by atoms with Crippen LogP contribution in [0.25, 0.3) is 0 Å². The smallest absolute Gasteiger partial charge is 0.269 e. The molecule has 0 aliphatic carbocycles. The number of carbonyl (C=O) groups excluding carboxylic acids is 1. The van der Waals surface area contributed by atoms with Crippen LogP contribution < -0.4 is 10.6 Å². The van der Waals surface area contributed by atoms with Gasteiger partial charge in [-0.2, -0.15) is 0 Å². The third-order valence-corrected chi connectivity index (χ3v) is 3.08. The number of aromatic nitrogens is 1. The van der Waals surface area contributed by atoms with Crippen LogP contribution in [0.2, 0.25) is 0 Å². The largest absolute Gasteiger partial charge is 0.378 e. The number of rotatable bonds is 5. The number of pyridine rings is 1. The second kappa shape index (κ2) is 6.83. The van der Waals surface area contributed by atoms with Crippen LogP contribution >= 0.6 is 0 Å². The van der Waals surface area contributed by atoms with Crippen molar-refractivity contribution in [1.82, 2.24) is 10.3 Å². The Kier molecular flexibility index (Phi) is 4.87. The monoisotopic (exact) mass is 287 g/mol. The van der Waals surface area contributed by atoms with Gasteiger partial charge in [-0.15, -0.1) is 0 Å². The summed E-state index contributed by atoms with van der Waals surface area (Å²) in [6.07, 6.45) is 1.56. The second-order valence-electron chi connectivity index (χ2n) is 4.68. The number of nitrogens with one attached hydrogen (secondary N) is 2. The van der Waals surface area contributed by atoms with Gasteiger partial charge in [0.2, 0.25) is 0 Å². The summed E-state index contributed by atoms with van der Waals surface area (Å²) in [5.41, 5.74) is 1.64. The normalized spacial score (nSPS) is 11.8. The number of benzene rings is 1. The Labute approximate surface area is 123 Å². The van der Waals surface area contributed by atoms with Crippen molar-refractivity contribution in [2.45, 2.75) is 19.9 Å². The molecule has 0 spiro atoms. The van der Waals surface area contributed by atoms with E-state index in [2.05, 4.69) is 15.6 Å². The SMILES string of the molecule is CCNC(=O)c1cc(NC(C)c2ccccc2F)ccn1. The number of hydrogen-bond acceptors (Lipinski definition) is 3. The summed E-state index contributed by atoms with van der Waals surface area (Å²) in [5, 5.41) is 5.87. The van der Waals surface area contributed by atoms with Crippen molar-refractivity contribution in [3.63, 3.8) is 0 Å². The van der Waals surface area contributed by atoms with Crippen LogP contribution in [-0.2, 0) is 0 Å². The molecule has 0 saturated heterocycles. The van der Waals surface area contributed by atoms with Crippen LogP contribution in [0.3, 0.4) is 0 Å². The van der Waals surface area contributed by atoms with Crippen molar-refractivity contribution in [2.75, 3.05) is 11.9 Å². The van der Waals surface area contributed by atoms with E-state index in [1.165, 1.54) is 6.07 Å². The highest BCUT2D eigenvalue weighted by Crippen LogP contribution is 2.21. The van der Waals surface area contributed by atoms with E-state index in [0.717, 1.165) is 5.69 Å². The van der Waals surface area contributed by atoms with Crippen molar-refractivity contribution < 1.29 is 9.18 Å². The van der Waals surface area contributed by atoms with E-state index in [1.807, 2.05) is 13.8 Å². The molecule has 0 bridgehead atoms. The summed E-state index contributed by atoms with van der Waals surface area (Å²) in [6.45, 7) is 4.26. The Morgan fingerprint density at radius 1 is 1.33 bits per heavy atom. The third kappa shape index (κ3) is 3.78. The topological polar surface area (TPSA) is 54.0 Å². The fraction of sp³-hybridized carbons (Fsp3) is 0.250. The molecule has 2 N–H and O–H groups in total. The van der Waals surface area contributed by atoms with Crippen molar-refractivity contribution in [3.8, 4) is 0 Å². The molecular formula is C16H18FN3O. The first-order valence-corrected chi connectivity index (χ1v) is 6.87. The maximum Gasteiger partial charge on any atom is 0.269 e. The van der Waals surface area contributed by atoms with Crippen LogP contribution in [0.4, 0.5) is 10.1 Å². The summed E-state index contributed by atoms with van der Waals surface area (Å²) >= 11 is 0. The number of carbonyl (C=O) groups is 1. The van der Waals surface area contributed by atoms with Crippen LogP contribution in [0, 0.1) is 5.82 Å². The summed E-state index contributed by atoms with van der Waals surface area (Å²) in [5.74, 6) is -0.477. The van der Waals surface area contributed by atoms with Gasteiger partial charge >= 0.3 is 0 Å². The molecule has 110 valence electrons. The maximum atomic E-state index is 13.7. The van der Waals surface area contributed by atoms with Gasteiger partial charge in [0.05, 0.1) is 6.04 Å². The van der Waals surface area contributed by atoms with E-state index in [4.69, 9.17) is 0 Å². The lowest BCUT2D eigenvalue weighted by Crippen LogP contribution is -2.23. The van der Waals surface area contributed by atoms with E-state index in [0.29, 0.717) is 17.8 Å². The molecule has 4 nitrogen and oxygen atoms in total. The molecule has 1 atom stereocenters. The minimum atomic E-state index is -0.254. The van der Waals surface area contributed by atoms with Gasteiger partial charge in [-0.05, 0) is 32.0 Å². The lowest BCUT2D eigenvalue weighted by atomic mass is 10.1.